The van der Waals surface area contributed by atoms with Crippen molar-refractivity contribution in [3.63, 3.8) is 0 Å². The molecular formula is C19H24N4O3S. The van der Waals surface area contributed by atoms with E-state index in [0.717, 1.165) is 12.2 Å². The fourth-order valence-electron chi connectivity index (χ4n) is 3.15. The maximum atomic E-state index is 12.1. The first-order valence-electron chi connectivity index (χ1n) is 9.25. The Labute approximate surface area is 162 Å². The summed E-state index contributed by atoms with van der Waals surface area (Å²) >= 11 is 1.30. The van der Waals surface area contributed by atoms with Gasteiger partial charge in [-0.15, -0.1) is 5.10 Å². The second-order valence-electron chi connectivity index (χ2n) is 6.55. The number of esters is 1. The fourth-order valence-corrected chi connectivity index (χ4v) is 3.77. The molecule has 1 amide bonds. The molecule has 1 aliphatic rings. The topological polar surface area (TPSA) is 97.0 Å². The van der Waals surface area contributed by atoms with Gasteiger partial charge in [0.2, 0.25) is 11.1 Å². The Balaban J connectivity index is 1.44. The highest BCUT2D eigenvalue weighted by molar-refractivity contribution is 7.99. The largest absolute Gasteiger partial charge is 0.462 e. The predicted molar refractivity (Wildman–Crippen MR) is 104 cm³/mol. The van der Waals surface area contributed by atoms with Gasteiger partial charge >= 0.3 is 5.97 Å². The van der Waals surface area contributed by atoms with Crippen LogP contribution in [-0.2, 0) is 16.0 Å². The molecule has 0 saturated heterocycles. The number of anilines is 1. The molecule has 2 aromatic rings. The predicted octanol–water partition coefficient (Wildman–Crippen LogP) is 3.44. The van der Waals surface area contributed by atoms with E-state index in [0.29, 0.717) is 28.9 Å². The van der Waals surface area contributed by atoms with Crippen LogP contribution < -0.4 is 5.32 Å². The molecule has 0 spiro atoms. The SMILES string of the molecule is CCOC(=O)c1ccc(NC(=O)CSc2n[nH]c(CC3CCCC3)n2)cc1. The summed E-state index contributed by atoms with van der Waals surface area (Å²) in [5.41, 5.74) is 1.09. The second kappa shape index (κ2) is 9.55. The minimum absolute atomic E-state index is 0.147. The number of carbonyl (C=O) groups excluding carboxylic acids is 2. The van der Waals surface area contributed by atoms with Gasteiger partial charge in [0, 0.05) is 12.1 Å². The molecule has 0 unspecified atom stereocenters. The third-order valence-electron chi connectivity index (χ3n) is 4.48. The number of amides is 1. The van der Waals surface area contributed by atoms with Crippen LogP contribution in [0.5, 0.6) is 0 Å². The van der Waals surface area contributed by atoms with Crippen molar-refractivity contribution in [3.05, 3.63) is 35.7 Å². The van der Waals surface area contributed by atoms with Crippen molar-refractivity contribution in [3.8, 4) is 0 Å². The van der Waals surface area contributed by atoms with E-state index < -0.39 is 0 Å². The molecule has 1 aliphatic carbocycles. The lowest BCUT2D eigenvalue weighted by molar-refractivity contribution is -0.113. The summed E-state index contributed by atoms with van der Waals surface area (Å²) in [7, 11) is 0. The number of aromatic nitrogens is 3. The lowest BCUT2D eigenvalue weighted by atomic mass is 10.0. The average molecular weight is 388 g/mol. The summed E-state index contributed by atoms with van der Waals surface area (Å²) in [4.78, 5) is 28.2. The van der Waals surface area contributed by atoms with Crippen LogP contribution in [0.25, 0.3) is 0 Å². The smallest absolute Gasteiger partial charge is 0.338 e. The molecule has 0 radical (unpaired) electrons. The third kappa shape index (κ3) is 5.82. The molecule has 1 aromatic carbocycles. The van der Waals surface area contributed by atoms with Crippen molar-refractivity contribution in [2.75, 3.05) is 17.7 Å². The molecule has 1 fully saturated rings. The van der Waals surface area contributed by atoms with Crippen molar-refractivity contribution in [2.45, 2.75) is 44.2 Å². The minimum Gasteiger partial charge on any atom is -0.462 e. The number of carbonyl (C=O) groups is 2. The van der Waals surface area contributed by atoms with Gasteiger partial charge in [0.1, 0.15) is 5.82 Å². The van der Waals surface area contributed by atoms with Crippen LogP contribution in [0, 0.1) is 5.92 Å². The Hall–Kier alpha value is -2.35. The normalized spacial score (nSPS) is 14.3. The van der Waals surface area contributed by atoms with Crippen LogP contribution in [-0.4, -0.2) is 39.4 Å². The van der Waals surface area contributed by atoms with E-state index in [1.54, 1.807) is 31.2 Å². The maximum absolute atomic E-state index is 12.1. The average Bonchev–Trinajstić information content (AvgIpc) is 3.33. The molecule has 0 aliphatic heterocycles. The lowest BCUT2D eigenvalue weighted by Gasteiger charge is -2.06. The molecule has 1 aromatic heterocycles. The summed E-state index contributed by atoms with van der Waals surface area (Å²) in [6.45, 7) is 2.09. The number of hydrogen-bond donors (Lipinski definition) is 2. The molecule has 1 heterocycles. The van der Waals surface area contributed by atoms with Crippen molar-refractivity contribution in [1.29, 1.82) is 0 Å². The molecule has 3 rings (SSSR count). The maximum Gasteiger partial charge on any atom is 0.338 e. The standard InChI is InChI=1S/C19H24N4O3S/c1-2-26-18(25)14-7-9-15(10-8-14)20-17(24)12-27-19-21-16(22-23-19)11-13-5-3-4-6-13/h7-10,13H,2-6,11-12H2,1H3,(H,20,24)(H,21,22,23). The Morgan fingerprint density at radius 1 is 1.26 bits per heavy atom. The monoisotopic (exact) mass is 388 g/mol. The zero-order chi connectivity index (χ0) is 19.1. The van der Waals surface area contributed by atoms with Crippen LogP contribution in [0.1, 0.15) is 48.8 Å². The van der Waals surface area contributed by atoms with Crippen molar-refractivity contribution in [2.24, 2.45) is 5.92 Å². The van der Waals surface area contributed by atoms with E-state index in [4.69, 9.17) is 4.74 Å². The first kappa shape index (κ1) is 19.4. The Morgan fingerprint density at radius 2 is 2.00 bits per heavy atom. The summed E-state index contributed by atoms with van der Waals surface area (Å²) < 4.78 is 4.93. The van der Waals surface area contributed by atoms with Crippen LogP contribution in [0.15, 0.2) is 29.4 Å². The number of nitrogens with zero attached hydrogens (tertiary/aromatic N) is 2. The number of nitrogens with one attached hydrogen (secondary N) is 2. The molecule has 27 heavy (non-hydrogen) atoms. The van der Waals surface area contributed by atoms with Crippen LogP contribution in [0.2, 0.25) is 0 Å². The van der Waals surface area contributed by atoms with Crippen LogP contribution in [0.3, 0.4) is 0 Å². The van der Waals surface area contributed by atoms with Gasteiger partial charge in [-0.2, -0.15) is 0 Å². The Morgan fingerprint density at radius 3 is 2.70 bits per heavy atom. The lowest BCUT2D eigenvalue weighted by Crippen LogP contribution is -2.14. The van der Waals surface area contributed by atoms with Gasteiger partial charge < -0.3 is 10.1 Å². The minimum atomic E-state index is -0.371. The quantitative estimate of drug-likeness (QED) is 0.531. The number of benzene rings is 1. The van der Waals surface area contributed by atoms with E-state index in [2.05, 4.69) is 20.5 Å². The molecule has 0 bridgehead atoms. The molecule has 1 saturated carbocycles. The van der Waals surface area contributed by atoms with E-state index in [1.165, 1.54) is 37.4 Å². The fraction of sp³-hybridized carbons (Fsp3) is 0.474. The molecule has 0 atom stereocenters. The first-order valence-corrected chi connectivity index (χ1v) is 10.2. The van der Waals surface area contributed by atoms with Crippen molar-refractivity contribution >= 4 is 29.3 Å². The molecular weight excluding hydrogens is 364 g/mol. The number of hydrogen-bond acceptors (Lipinski definition) is 6. The number of thioether (sulfide) groups is 1. The summed E-state index contributed by atoms with van der Waals surface area (Å²) in [5.74, 6) is 1.31. The summed E-state index contributed by atoms with van der Waals surface area (Å²) in [5, 5.41) is 10.5. The van der Waals surface area contributed by atoms with E-state index in [1.807, 2.05) is 0 Å². The van der Waals surface area contributed by atoms with E-state index in [-0.39, 0.29) is 17.6 Å². The van der Waals surface area contributed by atoms with Gasteiger partial charge in [0.25, 0.3) is 0 Å². The van der Waals surface area contributed by atoms with Gasteiger partial charge in [-0.25, -0.2) is 9.78 Å². The number of rotatable bonds is 8. The molecule has 8 heteroatoms. The third-order valence-corrected chi connectivity index (χ3v) is 5.33. The highest BCUT2D eigenvalue weighted by Crippen LogP contribution is 2.27. The van der Waals surface area contributed by atoms with Crippen molar-refractivity contribution in [1.82, 2.24) is 15.2 Å². The highest BCUT2D eigenvalue weighted by Gasteiger charge is 2.17. The first-order chi connectivity index (χ1) is 13.1. The Bertz CT molecular complexity index is 770. The number of aromatic amines is 1. The van der Waals surface area contributed by atoms with Gasteiger partial charge in [-0.3, -0.25) is 9.89 Å². The Kier molecular flexibility index (Phi) is 6.86. The zero-order valence-corrected chi connectivity index (χ0v) is 16.2. The molecule has 2 N–H and O–H groups in total. The van der Waals surface area contributed by atoms with Gasteiger partial charge in [0.05, 0.1) is 17.9 Å². The highest BCUT2D eigenvalue weighted by atomic mass is 32.2. The van der Waals surface area contributed by atoms with Gasteiger partial charge in [-0.1, -0.05) is 37.4 Å². The number of ether oxygens (including phenoxy) is 1. The van der Waals surface area contributed by atoms with E-state index in [9.17, 15) is 9.59 Å². The molecule has 144 valence electrons. The summed E-state index contributed by atoms with van der Waals surface area (Å²) in [6.07, 6.45) is 6.08. The van der Waals surface area contributed by atoms with Crippen LogP contribution in [0.4, 0.5) is 5.69 Å². The second-order valence-corrected chi connectivity index (χ2v) is 7.50. The zero-order valence-electron chi connectivity index (χ0n) is 15.4. The van der Waals surface area contributed by atoms with Crippen molar-refractivity contribution < 1.29 is 14.3 Å². The van der Waals surface area contributed by atoms with E-state index >= 15 is 0 Å². The van der Waals surface area contributed by atoms with Crippen LogP contribution >= 0.6 is 11.8 Å². The van der Waals surface area contributed by atoms with Gasteiger partial charge in [0.15, 0.2) is 0 Å². The number of H-pyrrole nitrogens is 1. The van der Waals surface area contributed by atoms with Gasteiger partial charge in [-0.05, 0) is 37.1 Å². The summed E-state index contributed by atoms with van der Waals surface area (Å²) in [6, 6.07) is 6.62. The molecule has 7 nitrogen and oxygen atoms in total.